The average Bonchev–Trinajstić information content (AvgIpc) is 3.30. The number of carbonyl (C=O) groups excluding carboxylic acids is 2. The second-order valence-electron chi connectivity index (χ2n) is 7.17. The van der Waals surface area contributed by atoms with Gasteiger partial charge in [0.05, 0.1) is 0 Å². The smallest absolute Gasteiger partial charge is 0.313 e. The van der Waals surface area contributed by atoms with Crippen LogP contribution < -0.4 is 10.6 Å². The number of aryl methyl sites for hydroxylation is 1. The van der Waals surface area contributed by atoms with E-state index in [-0.39, 0.29) is 5.54 Å². The molecule has 2 aromatic rings. The topological polar surface area (TPSA) is 100 Å². The summed E-state index contributed by atoms with van der Waals surface area (Å²) < 4.78 is 5.36. The lowest BCUT2D eigenvalue weighted by Gasteiger charge is -2.36. The average molecular weight is 371 g/mol. The number of anilines is 1. The van der Waals surface area contributed by atoms with Gasteiger partial charge in [0.2, 0.25) is 11.8 Å². The molecule has 1 aliphatic rings. The zero-order valence-corrected chi connectivity index (χ0v) is 15.9. The predicted octanol–water partition coefficient (Wildman–Crippen LogP) is 1.97. The van der Waals surface area contributed by atoms with E-state index in [0.29, 0.717) is 24.0 Å². The van der Waals surface area contributed by atoms with Crippen molar-refractivity contribution >= 4 is 17.5 Å². The Morgan fingerprint density at radius 2 is 1.78 bits per heavy atom. The van der Waals surface area contributed by atoms with Crippen LogP contribution in [0.2, 0.25) is 0 Å². The highest BCUT2D eigenvalue weighted by Crippen LogP contribution is 2.33. The summed E-state index contributed by atoms with van der Waals surface area (Å²) in [7, 11) is 4.04. The van der Waals surface area contributed by atoms with Crippen LogP contribution in [0.15, 0.2) is 28.7 Å². The van der Waals surface area contributed by atoms with E-state index in [1.54, 1.807) is 31.2 Å². The number of amides is 2. The molecule has 2 amide bonds. The maximum absolute atomic E-state index is 12.2. The lowest BCUT2D eigenvalue weighted by Crippen LogP contribution is -2.52. The van der Waals surface area contributed by atoms with E-state index >= 15 is 0 Å². The number of rotatable bonds is 5. The summed E-state index contributed by atoms with van der Waals surface area (Å²) in [4.78, 5) is 26.5. The Morgan fingerprint density at radius 1 is 1.11 bits per heavy atom. The third-order valence-electron chi connectivity index (χ3n) is 5.18. The van der Waals surface area contributed by atoms with E-state index in [4.69, 9.17) is 4.42 Å². The molecule has 144 valence electrons. The molecule has 1 aromatic carbocycles. The largest absolute Gasteiger partial charge is 0.421 e. The molecule has 0 saturated heterocycles. The molecule has 0 unspecified atom stereocenters. The first-order valence-electron chi connectivity index (χ1n) is 9.07. The number of hydrogen-bond donors (Lipinski definition) is 2. The van der Waals surface area contributed by atoms with E-state index in [1.165, 1.54) is 0 Å². The van der Waals surface area contributed by atoms with E-state index in [2.05, 4.69) is 25.7 Å². The minimum atomic E-state index is -0.678. The Hall–Kier alpha value is -2.74. The molecule has 1 fully saturated rings. The fourth-order valence-corrected chi connectivity index (χ4v) is 3.44. The second-order valence-corrected chi connectivity index (χ2v) is 7.17. The van der Waals surface area contributed by atoms with Gasteiger partial charge in [-0.3, -0.25) is 9.59 Å². The molecule has 1 saturated carbocycles. The maximum atomic E-state index is 12.2. The minimum Gasteiger partial charge on any atom is -0.421 e. The number of carbonyl (C=O) groups is 2. The molecule has 2 N–H and O–H groups in total. The van der Waals surface area contributed by atoms with Crippen LogP contribution >= 0.6 is 0 Å². The Labute approximate surface area is 158 Å². The summed E-state index contributed by atoms with van der Waals surface area (Å²) in [5.41, 5.74) is 1.21. The van der Waals surface area contributed by atoms with Gasteiger partial charge < -0.3 is 20.0 Å². The molecule has 27 heavy (non-hydrogen) atoms. The minimum absolute atomic E-state index is 0.0558. The summed E-state index contributed by atoms with van der Waals surface area (Å²) in [6, 6.07) is 6.89. The third-order valence-corrected chi connectivity index (χ3v) is 5.18. The van der Waals surface area contributed by atoms with Gasteiger partial charge in [-0.2, -0.15) is 0 Å². The Kier molecular flexibility index (Phi) is 5.55. The molecule has 1 heterocycles. The van der Waals surface area contributed by atoms with Gasteiger partial charge >= 0.3 is 11.8 Å². The molecular weight excluding hydrogens is 346 g/mol. The van der Waals surface area contributed by atoms with Gasteiger partial charge in [-0.15, -0.1) is 10.2 Å². The number of nitrogens with one attached hydrogen (secondary N) is 2. The Balaban J connectivity index is 1.56. The van der Waals surface area contributed by atoms with E-state index in [1.807, 2.05) is 14.1 Å². The van der Waals surface area contributed by atoms with E-state index < -0.39 is 11.8 Å². The number of likely N-dealkylation sites (N-methyl/N-ethyl adjacent to an activating group) is 1. The van der Waals surface area contributed by atoms with Crippen molar-refractivity contribution in [3.63, 3.8) is 0 Å². The normalized spacial score (nSPS) is 15.7. The first kappa shape index (κ1) is 19.0. The van der Waals surface area contributed by atoms with Gasteiger partial charge in [-0.1, -0.05) is 12.8 Å². The van der Waals surface area contributed by atoms with Crippen molar-refractivity contribution < 1.29 is 14.0 Å². The van der Waals surface area contributed by atoms with Crippen LogP contribution in [0.3, 0.4) is 0 Å². The highest BCUT2D eigenvalue weighted by molar-refractivity contribution is 6.39. The van der Waals surface area contributed by atoms with Gasteiger partial charge in [0.15, 0.2) is 0 Å². The first-order valence-corrected chi connectivity index (χ1v) is 9.07. The Bertz CT molecular complexity index is 807. The predicted molar refractivity (Wildman–Crippen MR) is 101 cm³/mol. The zero-order valence-electron chi connectivity index (χ0n) is 15.9. The fourth-order valence-electron chi connectivity index (χ4n) is 3.44. The summed E-state index contributed by atoms with van der Waals surface area (Å²) in [6.45, 7) is 2.19. The summed E-state index contributed by atoms with van der Waals surface area (Å²) in [5.74, 6) is -0.409. The molecule has 0 bridgehead atoms. The van der Waals surface area contributed by atoms with Crippen molar-refractivity contribution in [1.82, 2.24) is 20.4 Å². The third kappa shape index (κ3) is 4.33. The highest BCUT2D eigenvalue weighted by Gasteiger charge is 2.36. The molecule has 0 atom stereocenters. The standard InChI is InChI=1S/C19H25N5O3/c1-13-22-23-18(27-13)14-6-8-15(9-7-14)21-17(26)16(25)20-12-19(24(2)3)10-4-5-11-19/h6-9H,4-5,10-12H2,1-3H3,(H,20,25)(H,21,26). The van der Waals surface area contributed by atoms with Crippen LogP contribution in [-0.4, -0.2) is 53.1 Å². The summed E-state index contributed by atoms with van der Waals surface area (Å²) in [6.07, 6.45) is 4.34. The van der Waals surface area contributed by atoms with Crippen LogP contribution in [0.25, 0.3) is 11.5 Å². The lowest BCUT2D eigenvalue weighted by molar-refractivity contribution is -0.136. The fraction of sp³-hybridized carbons (Fsp3) is 0.474. The number of aromatic nitrogens is 2. The molecule has 0 aliphatic heterocycles. The SMILES string of the molecule is Cc1nnc(-c2ccc(NC(=O)C(=O)NCC3(N(C)C)CCCC3)cc2)o1. The quantitative estimate of drug-likeness (QED) is 0.780. The van der Waals surface area contributed by atoms with Gasteiger partial charge in [0.1, 0.15) is 0 Å². The zero-order chi connectivity index (χ0) is 19.4. The van der Waals surface area contributed by atoms with Crippen LogP contribution in [0.4, 0.5) is 5.69 Å². The molecular formula is C19H25N5O3. The molecule has 1 aromatic heterocycles. The van der Waals surface area contributed by atoms with Crippen molar-refractivity contribution in [3.05, 3.63) is 30.2 Å². The van der Waals surface area contributed by atoms with Crippen molar-refractivity contribution in [2.75, 3.05) is 26.0 Å². The molecule has 8 heteroatoms. The maximum Gasteiger partial charge on any atom is 0.313 e. The van der Waals surface area contributed by atoms with Gasteiger partial charge in [-0.05, 0) is 51.2 Å². The van der Waals surface area contributed by atoms with Crippen LogP contribution in [-0.2, 0) is 9.59 Å². The van der Waals surface area contributed by atoms with Gasteiger partial charge in [0.25, 0.3) is 0 Å². The van der Waals surface area contributed by atoms with Crippen molar-refractivity contribution in [1.29, 1.82) is 0 Å². The van der Waals surface area contributed by atoms with Gasteiger partial charge in [-0.25, -0.2) is 0 Å². The summed E-state index contributed by atoms with van der Waals surface area (Å²) in [5, 5.41) is 13.1. The van der Waals surface area contributed by atoms with Crippen LogP contribution in [0.5, 0.6) is 0 Å². The summed E-state index contributed by atoms with van der Waals surface area (Å²) >= 11 is 0. The Morgan fingerprint density at radius 3 is 2.33 bits per heavy atom. The number of hydrogen-bond acceptors (Lipinski definition) is 6. The lowest BCUT2D eigenvalue weighted by atomic mass is 9.96. The molecule has 0 radical (unpaired) electrons. The molecule has 1 aliphatic carbocycles. The van der Waals surface area contributed by atoms with E-state index in [0.717, 1.165) is 31.2 Å². The molecule has 0 spiro atoms. The second kappa shape index (κ2) is 7.87. The highest BCUT2D eigenvalue weighted by atomic mass is 16.4. The van der Waals surface area contributed by atoms with Crippen molar-refractivity contribution in [2.45, 2.75) is 38.1 Å². The monoisotopic (exact) mass is 371 g/mol. The number of benzene rings is 1. The van der Waals surface area contributed by atoms with E-state index in [9.17, 15) is 9.59 Å². The molecule has 3 rings (SSSR count). The van der Waals surface area contributed by atoms with Crippen molar-refractivity contribution in [3.8, 4) is 11.5 Å². The number of nitrogens with zero attached hydrogens (tertiary/aromatic N) is 3. The van der Waals surface area contributed by atoms with Gasteiger partial charge in [0, 0.05) is 30.3 Å². The van der Waals surface area contributed by atoms with Crippen LogP contribution in [0, 0.1) is 6.92 Å². The molecule has 8 nitrogen and oxygen atoms in total. The van der Waals surface area contributed by atoms with Crippen LogP contribution in [0.1, 0.15) is 31.6 Å². The van der Waals surface area contributed by atoms with Crippen molar-refractivity contribution in [2.24, 2.45) is 0 Å². The first-order chi connectivity index (χ1) is 12.9.